The molecule has 0 radical (unpaired) electrons. The molecule has 0 aliphatic carbocycles. The minimum atomic E-state index is -0.305. The number of nitrogens with one attached hydrogen (secondary N) is 1. The number of hydrogen-bond acceptors (Lipinski definition) is 3. The number of halogens is 1. The number of ether oxygens (including phenoxy) is 1. The van der Waals surface area contributed by atoms with Crippen molar-refractivity contribution in [2.75, 3.05) is 27.2 Å². The quantitative estimate of drug-likeness (QED) is 0.927. The second kappa shape index (κ2) is 6.02. The molecule has 0 unspecified atom stereocenters. The molecule has 1 heterocycles. The lowest BCUT2D eigenvalue weighted by molar-refractivity contribution is -0.139. The van der Waals surface area contributed by atoms with E-state index in [9.17, 15) is 4.79 Å². The van der Waals surface area contributed by atoms with Crippen molar-refractivity contribution in [1.82, 2.24) is 10.2 Å². The second-order valence-corrected chi connectivity index (χ2v) is 6.04. The molecular weight excluding hydrogens is 276 g/mol. The fourth-order valence-corrected chi connectivity index (χ4v) is 2.85. The maximum absolute atomic E-state index is 12.6. The summed E-state index contributed by atoms with van der Waals surface area (Å²) in [5, 5.41) is 3.90. The highest BCUT2D eigenvalue weighted by molar-refractivity contribution is 6.30. The van der Waals surface area contributed by atoms with Crippen LogP contribution in [0.4, 0.5) is 0 Å². The van der Waals surface area contributed by atoms with Crippen molar-refractivity contribution in [2.45, 2.75) is 19.9 Å². The van der Waals surface area contributed by atoms with E-state index in [0.717, 1.165) is 30.8 Å². The lowest BCUT2D eigenvalue weighted by Gasteiger charge is -2.28. The number of nitrogens with zero attached hydrogens (tertiary/aromatic N) is 1. The Morgan fingerprint density at radius 1 is 1.55 bits per heavy atom. The van der Waals surface area contributed by atoms with Crippen LogP contribution in [0.15, 0.2) is 18.2 Å². The van der Waals surface area contributed by atoms with Crippen molar-refractivity contribution >= 4 is 17.5 Å². The number of carbonyl (C=O) groups excluding carboxylic acids is 1. The first-order chi connectivity index (χ1) is 9.46. The van der Waals surface area contributed by atoms with Gasteiger partial charge in [0.1, 0.15) is 5.75 Å². The van der Waals surface area contributed by atoms with Gasteiger partial charge in [-0.1, -0.05) is 11.6 Å². The molecule has 1 saturated heterocycles. The molecule has 1 aliphatic rings. The average molecular weight is 297 g/mol. The topological polar surface area (TPSA) is 41.6 Å². The molecular formula is C15H21ClN2O2. The van der Waals surface area contributed by atoms with Gasteiger partial charge in [-0.25, -0.2) is 0 Å². The van der Waals surface area contributed by atoms with Crippen molar-refractivity contribution < 1.29 is 9.53 Å². The van der Waals surface area contributed by atoms with Gasteiger partial charge in [-0.2, -0.15) is 0 Å². The molecule has 1 aliphatic heterocycles. The molecule has 110 valence electrons. The van der Waals surface area contributed by atoms with Gasteiger partial charge in [0.25, 0.3) is 0 Å². The van der Waals surface area contributed by atoms with Gasteiger partial charge in [-0.3, -0.25) is 4.79 Å². The number of methoxy groups -OCH3 is 1. The van der Waals surface area contributed by atoms with Gasteiger partial charge in [-0.15, -0.1) is 0 Å². The van der Waals surface area contributed by atoms with Crippen LogP contribution in [0, 0.1) is 5.41 Å². The molecule has 1 N–H and O–H groups in total. The maximum atomic E-state index is 12.6. The Kier molecular flexibility index (Phi) is 4.55. The molecule has 1 aromatic carbocycles. The van der Waals surface area contributed by atoms with Gasteiger partial charge in [0, 0.05) is 30.7 Å². The third-order valence-corrected chi connectivity index (χ3v) is 4.12. The van der Waals surface area contributed by atoms with Gasteiger partial charge in [0.2, 0.25) is 5.91 Å². The summed E-state index contributed by atoms with van der Waals surface area (Å²) in [6.45, 7) is 4.15. The Labute approximate surface area is 125 Å². The number of amides is 1. The van der Waals surface area contributed by atoms with Crippen LogP contribution in [0.1, 0.15) is 18.9 Å². The summed E-state index contributed by atoms with van der Waals surface area (Å²) in [6.07, 6.45) is 0.878. The van der Waals surface area contributed by atoms with Crippen molar-refractivity contribution in [3.8, 4) is 5.75 Å². The SMILES string of the molecule is COc1ccc(Cl)cc1CN(C)C(=O)[C@]1(C)CCNC1. The molecule has 20 heavy (non-hydrogen) atoms. The molecule has 1 atom stereocenters. The van der Waals surface area contributed by atoms with Crippen LogP contribution in [0.3, 0.4) is 0 Å². The third-order valence-electron chi connectivity index (χ3n) is 3.88. The minimum absolute atomic E-state index is 0.157. The average Bonchev–Trinajstić information content (AvgIpc) is 2.86. The summed E-state index contributed by atoms with van der Waals surface area (Å²) in [4.78, 5) is 14.3. The monoisotopic (exact) mass is 296 g/mol. The third kappa shape index (κ3) is 3.07. The molecule has 0 bridgehead atoms. The van der Waals surface area contributed by atoms with Gasteiger partial charge < -0.3 is 15.0 Å². The Morgan fingerprint density at radius 3 is 2.90 bits per heavy atom. The fourth-order valence-electron chi connectivity index (χ4n) is 2.66. The van der Waals surface area contributed by atoms with E-state index in [-0.39, 0.29) is 11.3 Å². The maximum Gasteiger partial charge on any atom is 0.229 e. The summed E-state index contributed by atoms with van der Waals surface area (Å²) >= 11 is 6.02. The first-order valence-corrected chi connectivity index (χ1v) is 7.13. The molecule has 0 spiro atoms. The molecule has 4 nitrogen and oxygen atoms in total. The Balaban J connectivity index is 2.13. The van der Waals surface area contributed by atoms with Crippen molar-refractivity contribution in [1.29, 1.82) is 0 Å². The van der Waals surface area contributed by atoms with Crippen LogP contribution in [-0.4, -0.2) is 38.1 Å². The van der Waals surface area contributed by atoms with Gasteiger partial charge in [0.05, 0.1) is 12.5 Å². The van der Waals surface area contributed by atoms with Crippen LogP contribution in [0.25, 0.3) is 0 Å². The number of benzene rings is 1. The van der Waals surface area contributed by atoms with Crippen molar-refractivity contribution in [3.05, 3.63) is 28.8 Å². The van der Waals surface area contributed by atoms with Crippen LogP contribution >= 0.6 is 11.6 Å². The highest BCUT2D eigenvalue weighted by Crippen LogP contribution is 2.29. The molecule has 0 saturated carbocycles. The minimum Gasteiger partial charge on any atom is -0.496 e. The predicted molar refractivity (Wildman–Crippen MR) is 80.1 cm³/mol. The van der Waals surface area contributed by atoms with Gasteiger partial charge in [-0.05, 0) is 38.1 Å². The zero-order chi connectivity index (χ0) is 14.8. The van der Waals surface area contributed by atoms with Crippen LogP contribution in [0.5, 0.6) is 5.75 Å². The number of hydrogen-bond donors (Lipinski definition) is 1. The molecule has 2 rings (SSSR count). The Morgan fingerprint density at radius 2 is 2.30 bits per heavy atom. The predicted octanol–water partition coefficient (Wildman–Crippen LogP) is 2.31. The van der Waals surface area contributed by atoms with Gasteiger partial charge in [0.15, 0.2) is 0 Å². The molecule has 0 aromatic heterocycles. The van der Waals surface area contributed by atoms with Crippen LogP contribution in [0.2, 0.25) is 5.02 Å². The van der Waals surface area contributed by atoms with E-state index in [1.54, 1.807) is 18.1 Å². The summed E-state index contributed by atoms with van der Waals surface area (Å²) < 4.78 is 5.32. The van der Waals surface area contributed by atoms with Crippen molar-refractivity contribution in [2.24, 2.45) is 5.41 Å². The van der Waals surface area contributed by atoms with E-state index >= 15 is 0 Å². The summed E-state index contributed by atoms with van der Waals surface area (Å²) in [7, 11) is 3.45. The van der Waals surface area contributed by atoms with Crippen molar-refractivity contribution in [3.63, 3.8) is 0 Å². The first-order valence-electron chi connectivity index (χ1n) is 6.75. The van der Waals surface area contributed by atoms with E-state index in [2.05, 4.69) is 5.32 Å². The Bertz CT molecular complexity index is 499. The standard InChI is InChI=1S/C15H21ClN2O2/c1-15(6-7-17-10-15)14(19)18(2)9-11-8-12(16)4-5-13(11)20-3/h4-5,8,17H,6-7,9-10H2,1-3H3/t15-/m1/s1. The van der Waals surface area contributed by atoms with E-state index in [4.69, 9.17) is 16.3 Å². The van der Waals surface area contributed by atoms with E-state index in [1.807, 2.05) is 26.1 Å². The summed E-state index contributed by atoms with van der Waals surface area (Å²) in [5.41, 5.74) is 0.617. The number of carbonyl (C=O) groups is 1. The zero-order valence-electron chi connectivity index (χ0n) is 12.2. The highest BCUT2D eigenvalue weighted by Gasteiger charge is 2.38. The lowest BCUT2D eigenvalue weighted by atomic mass is 9.88. The second-order valence-electron chi connectivity index (χ2n) is 5.60. The van der Waals surface area contributed by atoms with Crippen LogP contribution in [-0.2, 0) is 11.3 Å². The fraction of sp³-hybridized carbons (Fsp3) is 0.533. The highest BCUT2D eigenvalue weighted by atomic mass is 35.5. The van der Waals surface area contributed by atoms with E-state index in [1.165, 1.54) is 0 Å². The van der Waals surface area contributed by atoms with Crippen LogP contribution < -0.4 is 10.1 Å². The van der Waals surface area contributed by atoms with E-state index < -0.39 is 0 Å². The lowest BCUT2D eigenvalue weighted by Crippen LogP contribution is -2.41. The molecule has 1 amide bonds. The van der Waals surface area contributed by atoms with Gasteiger partial charge >= 0.3 is 0 Å². The number of rotatable bonds is 4. The molecule has 1 aromatic rings. The largest absolute Gasteiger partial charge is 0.496 e. The smallest absolute Gasteiger partial charge is 0.229 e. The Hall–Kier alpha value is -1.26. The molecule has 1 fully saturated rings. The zero-order valence-corrected chi connectivity index (χ0v) is 13.0. The normalized spacial score (nSPS) is 21.8. The summed E-state index contributed by atoms with van der Waals surface area (Å²) in [6, 6.07) is 5.46. The summed E-state index contributed by atoms with van der Waals surface area (Å²) in [5.74, 6) is 0.910. The van der Waals surface area contributed by atoms with E-state index in [0.29, 0.717) is 11.6 Å². The first kappa shape index (κ1) is 15.1. The molecule has 5 heteroatoms.